The van der Waals surface area contributed by atoms with Gasteiger partial charge in [-0.2, -0.15) is 0 Å². The summed E-state index contributed by atoms with van der Waals surface area (Å²) in [6, 6.07) is 56.3. The summed E-state index contributed by atoms with van der Waals surface area (Å²) in [7, 11) is 0. The number of aromatic nitrogens is 1. The average molecular weight is 956 g/mol. The third-order valence-corrected chi connectivity index (χ3v) is 14.1. The van der Waals surface area contributed by atoms with Gasteiger partial charge < -0.3 is 4.42 Å². The van der Waals surface area contributed by atoms with Crippen LogP contribution >= 0.6 is 0 Å². The third-order valence-electron chi connectivity index (χ3n) is 9.85. The van der Waals surface area contributed by atoms with E-state index in [1.165, 1.54) is 22.3 Å². The maximum absolute atomic E-state index is 8.56. The van der Waals surface area contributed by atoms with Crippen LogP contribution in [0.2, 0.25) is 17.3 Å². The summed E-state index contributed by atoms with van der Waals surface area (Å²) in [4.78, 5) is 9.76. The molecule has 1 aliphatic heterocycles. The second-order valence-electron chi connectivity index (χ2n) is 15.1. The van der Waals surface area contributed by atoms with Crippen molar-refractivity contribution in [3.05, 3.63) is 186 Å². The van der Waals surface area contributed by atoms with Crippen LogP contribution < -0.4 is 4.40 Å². The molecule has 0 spiro atoms. The van der Waals surface area contributed by atoms with Crippen LogP contribution in [-0.2, 0) is 26.5 Å². The van der Waals surface area contributed by atoms with Crippen LogP contribution in [0.15, 0.2) is 161 Å². The molecular weight excluding hydrogens is 909 g/mol. The second-order valence-corrected chi connectivity index (χ2v) is 25.6. The first-order chi connectivity index (χ1) is 27.0. The first-order valence-corrected chi connectivity index (χ1v) is 26.0. The molecule has 1 aliphatic rings. The molecule has 0 saturated carbocycles. The molecule has 0 amide bonds. The first kappa shape index (κ1) is 35.8. The summed E-state index contributed by atoms with van der Waals surface area (Å²) in [5.41, 5.74) is 12.0. The summed E-state index contributed by atoms with van der Waals surface area (Å²) >= 11 is -2.20. The number of pyridine rings is 1. The largest absolute Gasteiger partial charge is 0.501 e. The molecule has 5 heteroatoms. The van der Waals surface area contributed by atoms with Crippen molar-refractivity contribution >= 4 is 51.0 Å². The molecule has 1 atom stereocenters. The summed E-state index contributed by atoms with van der Waals surface area (Å²) in [5.74, 6) is 6.76. The van der Waals surface area contributed by atoms with Gasteiger partial charge in [-0.05, 0) is 40.1 Å². The van der Waals surface area contributed by atoms with E-state index in [1.54, 1.807) is 0 Å². The molecule has 2 aromatic heterocycles. The average Bonchev–Trinajstić information content (AvgIpc) is 3.80. The van der Waals surface area contributed by atoms with Crippen molar-refractivity contribution in [2.45, 2.75) is 43.4 Å². The molecule has 1 unspecified atom stereocenters. The Kier molecular flexibility index (Phi) is 10.7. The van der Waals surface area contributed by atoms with Crippen LogP contribution in [0, 0.1) is 18.1 Å². The molecule has 0 aliphatic carbocycles. The van der Waals surface area contributed by atoms with Gasteiger partial charge in [-0.3, -0.25) is 4.99 Å². The van der Waals surface area contributed by atoms with Crippen molar-refractivity contribution in [1.29, 1.82) is 0 Å². The number of benzene rings is 6. The Bertz CT molecular complexity index is 2700. The molecule has 0 bridgehead atoms. The quantitative estimate of drug-likeness (QED) is 0.118. The number of hydrogen-bond acceptors (Lipinski definition) is 3. The Hall–Kier alpha value is -4.87. The van der Waals surface area contributed by atoms with Gasteiger partial charge in [0.25, 0.3) is 0 Å². The Morgan fingerprint density at radius 3 is 2.22 bits per heavy atom. The van der Waals surface area contributed by atoms with Crippen molar-refractivity contribution in [3.8, 4) is 22.4 Å². The fourth-order valence-electron chi connectivity index (χ4n) is 7.38. The second kappa shape index (κ2) is 16.5. The van der Waals surface area contributed by atoms with E-state index in [0.29, 0.717) is 0 Å². The van der Waals surface area contributed by atoms with Gasteiger partial charge >= 0.3 is 128 Å². The minimum Gasteiger partial charge on any atom is -0.501 e. The summed E-state index contributed by atoms with van der Waals surface area (Å²) < 4.78 is 24.7. The van der Waals surface area contributed by atoms with Crippen molar-refractivity contribution in [2.24, 2.45) is 10.9 Å². The Balaban J connectivity index is 0.000000189. The Labute approximate surface area is 344 Å². The zero-order valence-electron chi connectivity index (χ0n) is 33.7. The zero-order chi connectivity index (χ0) is 39.0. The standard InChI is InChI=1S/C32H20NO.C18H24GeN.Ir/c1-2-11-21(12-3-1)22-13-4-5-15-24(22)30-26-16-6-8-19-28(26)33-31(30)27-18-10-17-25-23-14-7-9-20-29(23)34-32(25)27;1-14(2)11-16-12-18(15-9-7-6-8-10-15)20-13-17(16)19(3,4)5;/h1-17,19-20,30H;6-9,12-14H,11H2,1-5H3;/q2*-1;/i;11D2;. The van der Waals surface area contributed by atoms with Gasteiger partial charge in [-0.25, -0.2) is 0 Å². The number of nitrogens with zero attached hydrogens (tertiary/aromatic N) is 2. The van der Waals surface area contributed by atoms with Gasteiger partial charge in [0.2, 0.25) is 0 Å². The van der Waals surface area contributed by atoms with Crippen LogP contribution in [0.3, 0.4) is 0 Å². The number of rotatable bonds is 7. The molecule has 3 nitrogen and oxygen atoms in total. The molecule has 6 aromatic carbocycles. The van der Waals surface area contributed by atoms with Gasteiger partial charge in [0.05, 0.1) is 11.3 Å². The van der Waals surface area contributed by atoms with E-state index in [0.717, 1.165) is 60.1 Å². The van der Waals surface area contributed by atoms with Gasteiger partial charge in [0.15, 0.2) is 0 Å². The number of para-hydroxylation sites is 2. The maximum Gasteiger partial charge on any atom is 0.120 e. The Morgan fingerprint density at radius 1 is 0.745 bits per heavy atom. The van der Waals surface area contributed by atoms with Crippen LogP contribution in [0.25, 0.3) is 44.3 Å². The van der Waals surface area contributed by atoms with E-state index < -0.39 is 19.6 Å². The predicted octanol–water partition coefficient (Wildman–Crippen LogP) is 12.6. The van der Waals surface area contributed by atoms with Crippen LogP contribution in [-0.4, -0.2) is 24.0 Å². The van der Waals surface area contributed by atoms with Crippen LogP contribution in [0.1, 0.15) is 44.8 Å². The van der Waals surface area contributed by atoms with E-state index in [2.05, 4.69) is 131 Å². The smallest absolute Gasteiger partial charge is 0.120 e. The SMILES string of the molecule is [2H]C([2H])(c1cc(-c2[c-]cccc2)nc[c]1[Ge]([CH3])([CH3])[CH3])C(C)C.[Ir].[c-]1ccc2c(oc3ccccc32)c1C1=Nc2ccccc2C1c1ccccc1-c1ccccc1. The van der Waals surface area contributed by atoms with Crippen LogP contribution in [0.5, 0.6) is 0 Å². The van der Waals surface area contributed by atoms with Gasteiger partial charge in [0.1, 0.15) is 5.58 Å². The topological polar surface area (TPSA) is 38.4 Å². The van der Waals surface area contributed by atoms with E-state index in [9.17, 15) is 0 Å². The van der Waals surface area contributed by atoms with E-state index >= 15 is 0 Å². The summed E-state index contributed by atoms with van der Waals surface area (Å²) in [5, 5.41) is 2.21. The molecule has 0 saturated heterocycles. The molecule has 3 heterocycles. The molecule has 9 rings (SSSR count). The molecule has 0 fully saturated rings. The Morgan fingerprint density at radius 2 is 1.45 bits per heavy atom. The van der Waals surface area contributed by atoms with Crippen molar-refractivity contribution in [1.82, 2.24) is 4.98 Å². The fraction of sp³-hybridized carbons (Fsp3) is 0.160. The van der Waals surface area contributed by atoms with Gasteiger partial charge in [-0.15, -0.1) is 18.2 Å². The fourth-order valence-corrected chi connectivity index (χ4v) is 10.3. The first-order valence-electron chi connectivity index (χ1n) is 19.6. The number of fused-ring (bicyclic) bond motifs is 4. The van der Waals surface area contributed by atoms with Gasteiger partial charge in [-0.1, -0.05) is 102 Å². The van der Waals surface area contributed by atoms with Crippen molar-refractivity contribution in [2.75, 3.05) is 0 Å². The van der Waals surface area contributed by atoms with Crippen LogP contribution in [0.4, 0.5) is 5.69 Å². The summed E-state index contributed by atoms with van der Waals surface area (Å²) in [6.07, 6.45) is 0.562. The minimum atomic E-state index is -2.20. The normalized spacial score (nSPS) is 14.4. The predicted molar refractivity (Wildman–Crippen MR) is 229 cm³/mol. The van der Waals surface area contributed by atoms with E-state index in [4.69, 9.17) is 12.2 Å². The van der Waals surface area contributed by atoms with Gasteiger partial charge in [0, 0.05) is 31.4 Å². The molecular formula is C50H44GeIrN2O-2. The van der Waals surface area contributed by atoms with Crippen molar-refractivity contribution < 1.29 is 27.3 Å². The molecule has 0 N–H and O–H groups in total. The van der Waals surface area contributed by atoms with E-state index in [-0.39, 0.29) is 31.9 Å². The molecule has 55 heavy (non-hydrogen) atoms. The maximum atomic E-state index is 8.56. The summed E-state index contributed by atoms with van der Waals surface area (Å²) in [6.45, 7) is 3.88. The number of aliphatic imine (C=N–C) groups is 1. The molecule has 275 valence electrons. The molecule has 1 radical (unpaired) electrons. The zero-order valence-corrected chi connectivity index (χ0v) is 36.2. The van der Waals surface area contributed by atoms with E-state index in [1.807, 2.05) is 68.6 Å². The third kappa shape index (κ3) is 7.96. The minimum absolute atomic E-state index is 0. The number of hydrogen-bond donors (Lipinski definition) is 0. The van der Waals surface area contributed by atoms with Crippen molar-refractivity contribution in [3.63, 3.8) is 0 Å². The number of furan rings is 1. The molecule has 8 aromatic rings. The monoisotopic (exact) mass is 957 g/mol.